The Morgan fingerprint density at radius 1 is 1.03 bits per heavy atom. The molecule has 3 heterocycles. The molecule has 1 unspecified atom stereocenters. The van der Waals surface area contributed by atoms with Crippen molar-refractivity contribution in [2.75, 3.05) is 39.3 Å². The van der Waals surface area contributed by atoms with Crippen LogP contribution < -0.4 is 0 Å². The molecule has 29 heavy (non-hydrogen) atoms. The van der Waals surface area contributed by atoms with Crippen LogP contribution in [0.15, 0.2) is 42.9 Å². The first kappa shape index (κ1) is 20.1. The maximum absolute atomic E-state index is 12.7. The van der Waals surface area contributed by atoms with E-state index < -0.39 is 0 Å². The highest BCUT2D eigenvalue weighted by Crippen LogP contribution is 2.23. The van der Waals surface area contributed by atoms with Crippen molar-refractivity contribution in [3.63, 3.8) is 0 Å². The van der Waals surface area contributed by atoms with Gasteiger partial charge >= 0.3 is 0 Å². The summed E-state index contributed by atoms with van der Waals surface area (Å²) in [5.41, 5.74) is 2.53. The van der Waals surface area contributed by atoms with Crippen molar-refractivity contribution in [3.05, 3.63) is 54.1 Å². The van der Waals surface area contributed by atoms with E-state index in [1.165, 1.54) is 24.1 Å². The molecule has 2 aromatic rings. The fourth-order valence-corrected chi connectivity index (χ4v) is 4.63. The Balaban J connectivity index is 1.16. The van der Waals surface area contributed by atoms with Crippen molar-refractivity contribution in [1.29, 1.82) is 0 Å². The Hall–Kier alpha value is -2.18. The highest BCUT2D eigenvalue weighted by molar-refractivity contribution is 5.76. The van der Waals surface area contributed by atoms with Gasteiger partial charge in [0.1, 0.15) is 0 Å². The first-order chi connectivity index (χ1) is 14.3. The van der Waals surface area contributed by atoms with Crippen LogP contribution in [0.2, 0.25) is 0 Å². The SMILES string of the molecule is O=C(CCC1CCCN(Cc2cnc[nH]2)C1)N1CCN(Cc2ccccc2)CC1. The van der Waals surface area contributed by atoms with Crippen LogP contribution in [0, 0.1) is 5.92 Å². The average Bonchev–Trinajstić information content (AvgIpc) is 3.27. The van der Waals surface area contributed by atoms with Gasteiger partial charge in [0.15, 0.2) is 0 Å². The quantitative estimate of drug-likeness (QED) is 0.783. The number of hydrogen-bond acceptors (Lipinski definition) is 4. The van der Waals surface area contributed by atoms with Crippen molar-refractivity contribution in [1.82, 2.24) is 24.7 Å². The molecule has 1 amide bonds. The van der Waals surface area contributed by atoms with Gasteiger partial charge in [-0.25, -0.2) is 4.98 Å². The molecule has 2 aliphatic heterocycles. The van der Waals surface area contributed by atoms with E-state index in [9.17, 15) is 4.79 Å². The van der Waals surface area contributed by atoms with Crippen molar-refractivity contribution < 1.29 is 4.79 Å². The molecule has 2 aliphatic rings. The number of amides is 1. The molecule has 1 N–H and O–H groups in total. The minimum Gasteiger partial charge on any atom is -0.347 e. The number of rotatable bonds is 7. The number of hydrogen-bond donors (Lipinski definition) is 1. The number of carbonyl (C=O) groups excluding carboxylic acids is 1. The third kappa shape index (κ3) is 5.90. The Morgan fingerprint density at radius 2 is 1.86 bits per heavy atom. The van der Waals surface area contributed by atoms with E-state index in [2.05, 4.69) is 55.0 Å². The standard InChI is InChI=1S/C23H33N5O/c29-23(28-13-11-26(12-14-28)16-20-5-2-1-3-6-20)9-8-21-7-4-10-27(17-21)18-22-15-24-19-25-22/h1-3,5-6,15,19,21H,4,7-14,16-18H2,(H,24,25). The maximum Gasteiger partial charge on any atom is 0.222 e. The summed E-state index contributed by atoms with van der Waals surface area (Å²) in [4.78, 5) is 27.1. The number of aromatic amines is 1. The van der Waals surface area contributed by atoms with Gasteiger partial charge in [-0.1, -0.05) is 30.3 Å². The van der Waals surface area contributed by atoms with Crippen LogP contribution in [-0.2, 0) is 17.9 Å². The highest BCUT2D eigenvalue weighted by Gasteiger charge is 2.24. The first-order valence-corrected chi connectivity index (χ1v) is 11.0. The Labute approximate surface area is 173 Å². The molecule has 2 fully saturated rings. The van der Waals surface area contributed by atoms with E-state index in [0.717, 1.165) is 58.8 Å². The van der Waals surface area contributed by atoms with Crippen molar-refractivity contribution in [2.24, 2.45) is 5.92 Å². The third-order valence-corrected chi connectivity index (χ3v) is 6.29. The number of carbonyl (C=O) groups is 1. The number of piperazine rings is 1. The summed E-state index contributed by atoms with van der Waals surface area (Å²) in [5, 5.41) is 0. The predicted molar refractivity (Wildman–Crippen MR) is 114 cm³/mol. The molecule has 0 saturated carbocycles. The second kappa shape index (κ2) is 10.0. The van der Waals surface area contributed by atoms with Crippen molar-refractivity contribution in [3.8, 4) is 0 Å². The molecule has 6 heteroatoms. The number of aromatic nitrogens is 2. The van der Waals surface area contributed by atoms with E-state index in [4.69, 9.17) is 0 Å². The summed E-state index contributed by atoms with van der Waals surface area (Å²) < 4.78 is 0. The summed E-state index contributed by atoms with van der Waals surface area (Å²) in [6.07, 6.45) is 7.84. The molecule has 0 spiro atoms. The summed E-state index contributed by atoms with van der Waals surface area (Å²) in [6.45, 7) is 7.84. The lowest BCUT2D eigenvalue weighted by Gasteiger charge is -2.36. The minimum absolute atomic E-state index is 0.343. The van der Waals surface area contributed by atoms with E-state index in [1.807, 2.05) is 6.20 Å². The molecule has 1 atom stereocenters. The number of likely N-dealkylation sites (tertiary alicyclic amines) is 1. The molecule has 156 valence electrons. The molecule has 0 bridgehead atoms. The van der Waals surface area contributed by atoms with Crippen LogP contribution in [0.5, 0.6) is 0 Å². The van der Waals surface area contributed by atoms with Gasteiger partial charge in [-0.15, -0.1) is 0 Å². The zero-order chi connectivity index (χ0) is 19.9. The highest BCUT2D eigenvalue weighted by atomic mass is 16.2. The zero-order valence-corrected chi connectivity index (χ0v) is 17.3. The average molecular weight is 396 g/mol. The Kier molecular flexibility index (Phi) is 6.96. The van der Waals surface area contributed by atoms with Gasteiger partial charge in [0.25, 0.3) is 0 Å². The van der Waals surface area contributed by atoms with Gasteiger partial charge in [0, 0.05) is 64.1 Å². The fraction of sp³-hybridized carbons (Fsp3) is 0.565. The fourth-order valence-electron chi connectivity index (χ4n) is 4.63. The van der Waals surface area contributed by atoms with Crippen LogP contribution >= 0.6 is 0 Å². The lowest BCUT2D eigenvalue weighted by Crippen LogP contribution is -2.48. The van der Waals surface area contributed by atoms with E-state index in [0.29, 0.717) is 18.2 Å². The first-order valence-electron chi connectivity index (χ1n) is 11.0. The predicted octanol–water partition coefficient (Wildman–Crippen LogP) is 2.75. The number of nitrogens with zero attached hydrogens (tertiary/aromatic N) is 4. The van der Waals surface area contributed by atoms with Gasteiger partial charge in [0.2, 0.25) is 5.91 Å². The van der Waals surface area contributed by atoms with Crippen LogP contribution in [-0.4, -0.2) is 69.8 Å². The van der Waals surface area contributed by atoms with Crippen LogP contribution in [0.3, 0.4) is 0 Å². The van der Waals surface area contributed by atoms with Gasteiger partial charge in [-0.05, 0) is 37.3 Å². The largest absolute Gasteiger partial charge is 0.347 e. The Morgan fingerprint density at radius 3 is 2.62 bits per heavy atom. The maximum atomic E-state index is 12.7. The summed E-state index contributed by atoms with van der Waals surface area (Å²) in [6, 6.07) is 10.6. The minimum atomic E-state index is 0.343. The van der Waals surface area contributed by atoms with E-state index >= 15 is 0 Å². The van der Waals surface area contributed by atoms with Crippen LogP contribution in [0.25, 0.3) is 0 Å². The van der Waals surface area contributed by atoms with Gasteiger partial charge in [0.05, 0.1) is 6.33 Å². The van der Waals surface area contributed by atoms with Crippen LogP contribution in [0.4, 0.5) is 0 Å². The number of H-pyrrole nitrogens is 1. The normalized spacial score (nSPS) is 21.4. The monoisotopic (exact) mass is 395 g/mol. The zero-order valence-electron chi connectivity index (χ0n) is 17.3. The molecule has 1 aromatic carbocycles. The molecule has 0 aliphatic carbocycles. The number of piperidine rings is 1. The van der Waals surface area contributed by atoms with Gasteiger partial charge in [-0.3, -0.25) is 14.6 Å². The molecule has 6 nitrogen and oxygen atoms in total. The molecular weight excluding hydrogens is 362 g/mol. The second-order valence-corrected chi connectivity index (χ2v) is 8.50. The topological polar surface area (TPSA) is 55.5 Å². The number of benzene rings is 1. The second-order valence-electron chi connectivity index (χ2n) is 8.50. The molecule has 4 rings (SSSR count). The van der Waals surface area contributed by atoms with Gasteiger partial charge < -0.3 is 9.88 Å². The summed E-state index contributed by atoms with van der Waals surface area (Å²) in [7, 11) is 0. The van der Waals surface area contributed by atoms with Crippen LogP contribution in [0.1, 0.15) is 36.9 Å². The van der Waals surface area contributed by atoms with Crippen molar-refractivity contribution >= 4 is 5.91 Å². The number of nitrogens with one attached hydrogen (secondary N) is 1. The lowest BCUT2D eigenvalue weighted by molar-refractivity contribution is -0.133. The van der Waals surface area contributed by atoms with E-state index in [-0.39, 0.29) is 0 Å². The lowest BCUT2D eigenvalue weighted by atomic mass is 9.93. The third-order valence-electron chi connectivity index (χ3n) is 6.29. The molecule has 1 aromatic heterocycles. The van der Waals surface area contributed by atoms with Crippen molar-refractivity contribution in [2.45, 2.75) is 38.8 Å². The molecule has 0 radical (unpaired) electrons. The molecular formula is C23H33N5O. The smallest absolute Gasteiger partial charge is 0.222 e. The summed E-state index contributed by atoms with van der Waals surface area (Å²) in [5.74, 6) is 0.977. The van der Waals surface area contributed by atoms with Gasteiger partial charge in [-0.2, -0.15) is 0 Å². The Bertz CT molecular complexity index is 740. The molecule has 2 saturated heterocycles. The summed E-state index contributed by atoms with van der Waals surface area (Å²) >= 11 is 0. The van der Waals surface area contributed by atoms with E-state index in [1.54, 1.807) is 6.33 Å². The number of imidazole rings is 1.